The Hall–Kier alpha value is -0.410. The van der Waals surface area contributed by atoms with Crippen LogP contribution in [0, 0.1) is 12.8 Å². The maximum absolute atomic E-state index is 4.48. The first-order valence-corrected chi connectivity index (χ1v) is 7.35. The Morgan fingerprint density at radius 3 is 2.76 bits per heavy atom. The minimum absolute atomic E-state index is 0.654. The first-order valence-electron chi connectivity index (χ1n) is 6.43. The molecule has 17 heavy (non-hydrogen) atoms. The first kappa shape index (κ1) is 13.0. The molecule has 0 saturated carbocycles. The van der Waals surface area contributed by atoms with Crippen molar-refractivity contribution in [2.75, 3.05) is 13.1 Å². The van der Waals surface area contributed by atoms with Gasteiger partial charge in [-0.05, 0) is 50.4 Å². The molecule has 1 aromatic heterocycles. The Bertz CT molecular complexity index is 357. The van der Waals surface area contributed by atoms with E-state index in [2.05, 4.69) is 45.7 Å². The molecule has 1 saturated heterocycles. The summed E-state index contributed by atoms with van der Waals surface area (Å²) in [7, 11) is 0. The van der Waals surface area contributed by atoms with Gasteiger partial charge in [-0.15, -0.1) is 0 Å². The molecule has 2 rings (SSSR count). The molecule has 1 aliphatic heterocycles. The van der Waals surface area contributed by atoms with Gasteiger partial charge >= 0.3 is 0 Å². The second-order valence-electron chi connectivity index (χ2n) is 5.06. The topological polar surface area (TPSA) is 16.1 Å². The van der Waals surface area contributed by atoms with Gasteiger partial charge in [0, 0.05) is 17.6 Å². The van der Waals surface area contributed by atoms with Crippen molar-refractivity contribution in [1.82, 2.24) is 9.88 Å². The zero-order valence-corrected chi connectivity index (χ0v) is 12.3. The number of piperidine rings is 1. The van der Waals surface area contributed by atoms with Gasteiger partial charge in [0.25, 0.3) is 0 Å². The second kappa shape index (κ2) is 5.96. The largest absolute Gasteiger partial charge is 0.297 e. The van der Waals surface area contributed by atoms with Crippen molar-refractivity contribution < 1.29 is 0 Å². The molecule has 1 atom stereocenters. The van der Waals surface area contributed by atoms with Gasteiger partial charge in [0.15, 0.2) is 0 Å². The molecule has 3 heteroatoms. The van der Waals surface area contributed by atoms with Gasteiger partial charge < -0.3 is 0 Å². The molecule has 0 spiro atoms. The standard InChI is InChI=1S/C14H21BrN2/c1-11-4-3-7-16-14(11)10-17-8-5-13(6-9-17)12(2)15/h3-4,7,12-13H,5-6,8-10H2,1-2H3. The van der Waals surface area contributed by atoms with Gasteiger partial charge in [-0.1, -0.05) is 28.9 Å². The highest BCUT2D eigenvalue weighted by atomic mass is 79.9. The van der Waals surface area contributed by atoms with Crippen LogP contribution >= 0.6 is 15.9 Å². The summed E-state index contributed by atoms with van der Waals surface area (Å²) in [4.78, 5) is 7.66. The van der Waals surface area contributed by atoms with E-state index in [1.54, 1.807) is 0 Å². The molecule has 0 N–H and O–H groups in total. The zero-order chi connectivity index (χ0) is 12.3. The summed E-state index contributed by atoms with van der Waals surface area (Å²) in [6, 6.07) is 4.16. The van der Waals surface area contributed by atoms with Crippen LogP contribution in [-0.2, 0) is 6.54 Å². The molecule has 2 heterocycles. The van der Waals surface area contributed by atoms with Gasteiger partial charge in [0.2, 0.25) is 0 Å². The van der Waals surface area contributed by atoms with Crippen molar-refractivity contribution in [3.05, 3.63) is 29.6 Å². The second-order valence-corrected chi connectivity index (χ2v) is 6.50. The lowest BCUT2D eigenvalue weighted by Crippen LogP contribution is -2.35. The molecular formula is C14H21BrN2. The van der Waals surface area contributed by atoms with Crippen LogP contribution < -0.4 is 0 Å². The lowest BCUT2D eigenvalue weighted by Gasteiger charge is -2.33. The normalized spacial score (nSPS) is 20.4. The van der Waals surface area contributed by atoms with E-state index in [-0.39, 0.29) is 0 Å². The number of nitrogens with zero attached hydrogens (tertiary/aromatic N) is 2. The van der Waals surface area contributed by atoms with Gasteiger partial charge in [-0.3, -0.25) is 9.88 Å². The van der Waals surface area contributed by atoms with Crippen molar-refractivity contribution in [3.8, 4) is 0 Å². The number of aryl methyl sites for hydroxylation is 1. The molecule has 94 valence electrons. The maximum atomic E-state index is 4.48. The van der Waals surface area contributed by atoms with Crippen molar-refractivity contribution in [2.24, 2.45) is 5.92 Å². The third kappa shape index (κ3) is 3.52. The molecule has 0 aliphatic carbocycles. The minimum Gasteiger partial charge on any atom is -0.297 e. The number of alkyl halides is 1. The summed E-state index contributed by atoms with van der Waals surface area (Å²) in [6.07, 6.45) is 4.51. The maximum Gasteiger partial charge on any atom is 0.0573 e. The monoisotopic (exact) mass is 296 g/mol. The molecular weight excluding hydrogens is 276 g/mol. The van der Waals surface area contributed by atoms with Crippen LogP contribution in [0.3, 0.4) is 0 Å². The average Bonchev–Trinajstić information content (AvgIpc) is 2.33. The third-order valence-electron chi connectivity index (χ3n) is 3.77. The summed E-state index contributed by atoms with van der Waals surface area (Å²) in [5.41, 5.74) is 2.54. The average molecular weight is 297 g/mol. The van der Waals surface area contributed by atoms with Crippen LogP contribution in [0.1, 0.15) is 31.0 Å². The van der Waals surface area contributed by atoms with Crippen LogP contribution in [0.25, 0.3) is 0 Å². The number of hydrogen-bond acceptors (Lipinski definition) is 2. The van der Waals surface area contributed by atoms with E-state index in [0.717, 1.165) is 12.5 Å². The third-order valence-corrected chi connectivity index (χ3v) is 4.52. The Balaban J connectivity index is 1.88. The number of halogens is 1. The smallest absolute Gasteiger partial charge is 0.0573 e. The highest BCUT2D eigenvalue weighted by molar-refractivity contribution is 9.09. The Morgan fingerprint density at radius 2 is 2.18 bits per heavy atom. The molecule has 0 aromatic carbocycles. The number of rotatable bonds is 3. The Morgan fingerprint density at radius 1 is 1.47 bits per heavy atom. The van der Waals surface area contributed by atoms with Gasteiger partial charge in [0.05, 0.1) is 5.69 Å². The molecule has 1 unspecified atom stereocenters. The fraction of sp³-hybridized carbons (Fsp3) is 0.643. The summed E-state index contributed by atoms with van der Waals surface area (Å²) < 4.78 is 0. The SMILES string of the molecule is Cc1cccnc1CN1CCC(C(C)Br)CC1. The Labute approximate surface area is 113 Å². The number of likely N-dealkylation sites (tertiary alicyclic amines) is 1. The van der Waals surface area contributed by atoms with E-state index in [0.29, 0.717) is 4.83 Å². The van der Waals surface area contributed by atoms with Crippen LogP contribution in [0.5, 0.6) is 0 Å². The zero-order valence-electron chi connectivity index (χ0n) is 10.7. The van der Waals surface area contributed by atoms with Crippen LogP contribution in [0.2, 0.25) is 0 Å². The molecule has 1 aliphatic rings. The van der Waals surface area contributed by atoms with Crippen molar-refractivity contribution in [2.45, 2.75) is 38.1 Å². The molecule has 2 nitrogen and oxygen atoms in total. The van der Waals surface area contributed by atoms with Crippen molar-refractivity contribution in [3.63, 3.8) is 0 Å². The molecule has 0 radical (unpaired) electrons. The van der Waals surface area contributed by atoms with Gasteiger partial charge in [0.1, 0.15) is 0 Å². The molecule has 0 bridgehead atoms. The molecule has 1 fully saturated rings. The number of hydrogen-bond donors (Lipinski definition) is 0. The van der Waals surface area contributed by atoms with Crippen LogP contribution in [0.15, 0.2) is 18.3 Å². The fourth-order valence-corrected chi connectivity index (χ4v) is 2.99. The lowest BCUT2D eigenvalue weighted by molar-refractivity contribution is 0.176. The summed E-state index contributed by atoms with van der Waals surface area (Å²) in [5.74, 6) is 0.844. The van der Waals surface area contributed by atoms with E-state index >= 15 is 0 Å². The van der Waals surface area contributed by atoms with E-state index in [1.165, 1.54) is 37.2 Å². The van der Waals surface area contributed by atoms with Crippen LogP contribution in [-0.4, -0.2) is 27.8 Å². The lowest BCUT2D eigenvalue weighted by atomic mass is 9.94. The summed E-state index contributed by atoms with van der Waals surface area (Å²) in [6.45, 7) is 7.84. The number of pyridine rings is 1. The summed E-state index contributed by atoms with van der Waals surface area (Å²) >= 11 is 3.70. The highest BCUT2D eigenvalue weighted by Gasteiger charge is 2.22. The predicted molar refractivity (Wildman–Crippen MR) is 75.4 cm³/mol. The molecule has 1 aromatic rings. The predicted octanol–water partition coefficient (Wildman–Crippen LogP) is 3.39. The Kier molecular flexibility index (Phi) is 4.57. The fourth-order valence-electron chi connectivity index (χ4n) is 2.47. The minimum atomic E-state index is 0.654. The van der Waals surface area contributed by atoms with Gasteiger partial charge in [-0.2, -0.15) is 0 Å². The van der Waals surface area contributed by atoms with E-state index in [9.17, 15) is 0 Å². The van der Waals surface area contributed by atoms with Crippen molar-refractivity contribution >= 4 is 15.9 Å². The van der Waals surface area contributed by atoms with Gasteiger partial charge in [-0.25, -0.2) is 0 Å². The van der Waals surface area contributed by atoms with Crippen LogP contribution in [0.4, 0.5) is 0 Å². The molecule has 0 amide bonds. The highest BCUT2D eigenvalue weighted by Crippen LogP contribution is 2.25. The van der Waals surface area contributed by atoms with E-state index in [1.807, 2.05) is 12.3 Å². The number of aromatic nitrogens is 1. The van der Waals surface area contributed by atoms with E-state index in [4.69, 9.17) is 0 Å². The quantitative estimate of drug-likeness (QED) is 0.795. The van der Waals surface area contributed by atoms with Crippen molar-refractivity contribution in [1.29, 1.82) is 0 Å². The van der Waals surface area contributed by atoms with E-state index < -0.39 is 0 Å². The first-order chi connectivity index (χ1) is 8.16. The summed E-state index contributed by atoms with van der Waals surface area (Å²) in [5, 5.41) is 0.